The monoisotopic (exact) mass is 402 g/mol. The second-order valence-corrected chi connectivity index (χ2v) is 8.31. The number of piperidine rings is 1. The predicted molar refractivity (Wildman–Crippen MR) is 106 cm³/mol. The molecule has 4 rings (SSSR count). The summed E-state index contributed by atoms with van der Waals surface area (Å²) in [5.74, 6) is 1.22. The van der Waals surface area contributed by atoms with Crippen molar-refractivity contribution in [3.05, 3.63) is 45.9 Å². The van der Waals surface area contributed by atoms with Gasteiger partial charge in [-0.05, 0) is 31.9 Å². The number of nitrogens with zero attached hydrogens (tertiary/aromatic N) is 2. The average molecular weight is 403 g/mol. The number of likely N-dealkylation sites (tertiary alicyclic amines) is 1. The fraction of sp³-hybridized carbons (Fsp3) is 0.524. The van der Waals surface area contributed by atoms with E-state index in [0.717, 1.165) is 35.8 Å². The molecule has 1 aromatic heterocycles. The van der Waals surface area contributed by atoms with E-state index < -0.39 is 0 Å². The van der Waals surface area contributed by atoms with Gasteiger partial charge in [0.2, 0.25) is 5.91 Å². The Kier molecular flexibility index (Phi) is 6.24. The Morgan fingerprint density at radius 1 is 1.29 bits per heavy atom. The smallest absolute Gasteiger partial charge is 0.228 e. The highest BCUT2D eigenvalue weighted by Crippen LogP contribution is 2.25. The van der Waals surface area contributed by atoms with E-state index in [0.29, 0.717) is 32.8 Å². The summed E-state index contributed by atoms with van der Waals surface area (Å²) in [6.07, 6.45) is 2.22. The van der Waals surface area contributed by atoms with E-state index in [2.05, 4.69) is 4.98 Å². The van der Waals surface area contributed by atoms with Crippen LogP contribution >= 0.6 is 11.3 Å². The van der Waals surface area contributed by atoms with Crippen LogP contribution in [0.4, 0.5) is 0 Å². The van der Waals surface area contributed by atoms with Gasteiger partial charge in [0.05, 0.1) is 25.3 Å². The Morgan fingerprint density at radius 3 is 2.86 bits per heavy atom. The fourth-order valence-corrected chi connectivity index (χ4v) is 4.36. The van der Waals surface area contributed by atoms with Crippen LogP contribution in [-0.4, -0.2) is 48.4 Å². The SMILES string of the molecule is Cc1ccc(OCc2nc(CC(=O)N3CCCC(C4OCCO4)C3)cs2)cc1. The van der Waals surface area contributed by atoms with Gasteiger partial charge >= 0.3 is 0 Å². The van der Waals surface area contributed by atoms with Gasteiger partial charge in [0.25, 0.3) is 0 Å². The Morgan fingerprint density at radius 2 is 2.07 bits per heavy atom. The molecule has 6 nitrogen and oxygen atoms in total. The van der Waals surface area contributed by atoms with E-state index in [9.17, 15) is 4.79 Å². The van der Waals surface area contributed by atoms with Crippen LogP contribution < -0.4 is 4.74 Å². The maximum atomic E-state index is 12.7. The standard InChI is InChI=1S/C21H26N2O4S/c1-15-4-6-18(7-5-15)27-13-19-22-17(14-28-19)11-20(24)23-8-2-3-16(12-23)21-25-9-10-26-21/h4-7,14,16,21H,2-3,8-13H2,1H3. The Hall–Kier alpha value is -1.96. The first-order valence-electron chi connectivity index (χ1n) is 9.81. The molecule has 1 unspecified atom stereocenters. The molecule has 1 atom stereocenters. The minimum Gasteiger partial charge on any atom is -0.486 e. The second kappa shape index (κ2) is 9.03. The van der Waals surface area contributed by atoms with Crippen molar-refractivity contribution in [2.24, 2.45) is 5.92 Å². The molecule has 2 aliphatic rings. The van der Waals surface area contributed by atoms with E-state index in [1.54, 1.807) is 0 Å². The highest BCUT2D eigenvalue weighted by atomic mass is 32.1. The molecule has 2 aromatic rings. The topological polar surface area (TPSA) is 60.9 Å². The predicted octanol–water partition coefficient (Wildman–Crippen LogP) is 3.18. The van der Waals surface area contributed by atoms with Crippen LogP contribution in [0.15, 0.2) is 29.6 Å². The first kappa shape index (κ1) is 19.4. The minimum atomic E-state index is -0.152. The number of aryl methyl sites for hydroxylation is 1. The van der Waals surface area contributed by atoms with E-state index in [1.807, 2.05) is 41.5 Å². The highest BCUT2D eigenvalue weighted by molar-refractivity contribution is 7.09. The molecule has 0 radical (unpaired) electrons. The maximum Gasteiger partial charge on any atom is 0.228 e. The van der Waals surface area contributed by atoms with Gasteiger partial charge in [0, 0.05) is 24.4 Å². The van der Waals surface area contributed by atoms with Crippen molar-refractivity contribution < 1.29 is 19.0 Å². The molecule has 0 N–H and O–H groups in total. The number of aromatic nitrogens is 1. The number of carbonyl (C=O) groups excluding carboxylic acids is 1. The van der Waals surface area contributed by atoms with Crippen LogP contribution in [0.1, 0.15) is 29.1 Å². The van der Waals surface area contributed by atoms with Gasteiger partial charge in [-0.1, -0.05) is 17.7 Å². The Bertz CT molecular complexity index is 786. The van der Waals surface area contributed by atoms with Crippen molar-refractivity contribution in [2.45, 2.75) is 39.1 Å². The molecule has 0 saturated carbocycles. The number of amides is 1. The molecule has 0 bridgehead atoms. The second-order valence-electron chi connectivity index (χ2n) is 7.36. The van der Waals surface area contributed by atoms with Crippen molar-refractivity contribution >= 4 is 17.2 Å². The largest absolute Gasteiger partial charge is 0.486 e. The summed E-state index contributed by atoms with van der Waals surface area (Å²) in [6.45, 7) is 5.28. The molecule has 3 heterocycles. The summed E-state index contributed by atoms with van der Waals surface area (Å²) >= 11 is 1.53. The first-order chi connectivity index (χ1) is 13.7. The molecule has 0 spiro atoms. The van der Waals surface area contributed by atoms with Crippen molar-refractivity contribution in [3.8, 4) is 5.75 Å². The van der Waals surface area contributed by atoms with Gasteiger partial charge in [0.15, 0.2) is 6.29 Å². The lowest BCUT2D eigenvalue weighted by Crippen LogP contribution is -2.44. The van der Waals surface area contributed by atoms with Crippen LogP contribution in [0.3, 0.4) is 0 Å². The van der Waals surface area contributed by atoms with Crippen LogP contribution in [0.5, 0.6) is 5.75 Å². The van der Waals surface area contributed by atoms with Crippen LogP contribution in [-0.2, 0) is 27.3 Å². The van der Waals surface area contributed by atoms with Gasteiger partial charge in [-0.15, -0.1) is 11.3 Å². The van der Waals surface area contributed by atoms with Crippen molar-refractivity contribution in [1.82, 2.24) is 9.88 Å². The van der Waals surface area contributed by atoms with Gasteiger partial charge in [-0.3, -0.25) is 4.79 Å². The van der Waals surface area contributed by atoms with Gasteiger partial charge in [0.1, 0.15) is 17.4 Å². The van der Waals surface area contributed by atoms with Crippen LogP contribution in [0, 0.1) is 12.8 Å². The first-order valence-corrected chi connectivity index (χ1v) is 10.7. The molecule has 150 valence electrons. The number of benzene rings is 1. The van der Waals surface area contributed by atoms with Crippen molar-refractivity contribution in [3.63, 3.8) is 0 Å². The van der Waals surface area contributed by atoms with Crippen LogP contribution in [0.25, 0.3) is 0 Å². The summed E-state index contributed by atoms with van der Waals surface area (Å²) in [7, 11) is 0. The third-order valence-corrected chi connectivity index (χ3v) is 6.03. The number of carbonyl (C=O) groups is 1. The number of hydrogen-bond acceptors (Lipinski definition) is 6. The number of thiazole rings is 1. The molecule has 2 fully saturated rings. The molecular weight excluding hydrogens is 376 g/mol. The quantitative estimate of drug-likeness (QED) is 0.743. The Balaban J connectivity index is 1.28. The molecule has 1 amide bonds. The van der Waals surface area contributed by atoms with E-state index in [4.69, 9.17) is 14.2 Å². The summed E-state index contributed by atoms with van der Waals surface area (Å²) in [5.41, 5.74) is 2.02. The normalized spacial score (nSPS) is 20.5. The van der Waals surface area contributed by atoms with E-state index >= 15 is 0 Å². The van der Waals surface area contributed by atoms with Gasteiger partial charge in [-0.2, -0.15) is 0 Å². The lowest BCUT2D eigenvalue weighted by molar-refractivity contribution is -0.138. The molecule has 1 aromatic carbocycles. The third kappa shape index (κ3) is 4.90. The number of ether oxygens (including phenoxy) is 3. The summed E-state index contributed by atoms with van der Waals surface area (Å²) < 4.78 is 17.0. The molecule has 2 aliphatic heterocycles. The van der Waals surface area contributed by atoms with Crippen molar-refractivity contribution in [2.75, 3.05) is 26.3 Å². The summed E-state index contributed by atoms with van der Waals surface area (Å²) in [5, 5.41) is 2.84. The lowest BCUT2D eigenvalue weighted by atomic mass is 9.97. The van der Waals surface area contributed by atoms with Gasteiger partial charge < -0.3 is 19.1 Å². The van der Waals surface area contributed by atoms with Gasteiger partial charge in [-0.25, -0.2) is 4.98 Å². The zero-order chi connectivity index (χ0) is 19.3. The number of hydrogen-bond donors (Lipinski definition) is 0. The zero-order valence-electron chi connectivity index (χ0n) is 16.1. The van der Waals surface area contributed by atoms with Crippen molar-refractivity contribution in [1.29, 1.82) is 0 Å². The summed E-state index contributed by atoms with van der Waals surface area (Å²) in [4.78, 5) is 19.2. The zero-order valence-corrected chi connectivity index (χ0v) is 17.0. The third-order valence-electron chi connectivity index (χ3n) is 5.16. The molecular formula is C21H26N2O4S. The molecule has 0 aliphatic carbocycles. The fourth-order valence-electron chi connectivity index (χ4n) is 3.65. The number of rotatable bonds is 6. The molecule has 28 heavy (non-hydrogen) atoms. The molecule has 7 heteroatoms. The summed E-state index contributed by atoms with van der Waals surface area (Å²) in [6, 6.07) is 7.96. The Labute approximate surface area is 169 Å². The maximum absolute atomic E-state index is 12.7. The average Bonchev–Trinajstić information content (AvgIpc) is 3.40. The van der Waals surface area contributed by atoms with E-state index in [1.165, 1.54) is 16.9 Å². The highest BCUT2D eigenvalue weighted by Gasteiger charge is 2.32. The van der Waals surface area contributed by atoms with E-state index in [-0.39, 0.29) is 18.1 Å². The lowest BCUT2D eigenvalue weighted by Gasteiger charge is -2.34. The van der Waals surface area contributed by atoms with Crippen LogP contribution in [0.2, 0.25) is 0 Å². The minimum absolute atomic E-state index is 0.124. The molecule has 2 saturated heterocycles.